The molecule has 0 bridgehead atoms. The minimum Gasteiger partial charge on any atom is -0.464 e. The molecule has 128 valence electrons. The van der Waals surface area contributed by atoms with Crippen molar-refractivity contribution in [1.29, 1.82) is 0 Å². The van der Waals surface area contributed by atoms with E-state index in [2.05, 4.69) is 15.5 Å². The number of anilines is 1. The quantitative estimate of drug-likeness (QED) is 0.346. The number of hydrogen-bond acceptors (Lipinski definition) is 9. The number of carbonyl (C=O) groups excluding carboxylic acids is 2. The minimum absolute atomic E-state index is 0.217. The summed E-state index contributed by atoms with van der Waals surface area (Å²) in [5.41, 5.74) is -0.487. The molecule has 1 N–H and O–H groups in total. The number of carbonyl (C=O) groups is 2. The van der Waals surface area contributed by atoms with Gasteiger partial charge < -0.3 is 14.5 Å². The third-order valence-corrected chi connectivity index (χ3v) is 4.59. The maximum Gasteiger partial charge on any atom is 0.329 e. The van der Waals surface area contributed by atoms with Crippen molar-refractivity contribution in [2.75, 3.05) is 5.32 Å². The predicted molar refractivity (Wildman–Crippen MR) is 89.7 cm³/mol. The molecule has 1 atom stereocenters. The van der Waals surface area contributed by atoms with Crippen molar-refractivity contribution >= 4 is 51.7 Å². The zero-order chi connectivity index (χ0) is 17.7. The van der Waals surface area contributed by atoms with Crippen LogP contribution in [-0.4, -0.2) is 27.5 Å². The highest BCUT2D eigenvalue weighted by Crippen LogP contribution is 2.28. The van der Waals surface area contributed by atoms with Gasteiger partial charge in [0.1, 0.15) is 17.4 Å². The number of thioether (sulfide) groups is 1. The summed E-state index contributed by atoms with van der Waals surface area (Å²) in [4.78, 5) is 34.1. The number of nitrogens with zero attached hydrogens (tertiary/aromatic N) is 2. The van der Waals surface area contributed by atoms with Gasteiger partial charge in [0.25, 0.3) is 0 Å². The van der Waals surface area contributed by atoms with E-state index in [9.17, 15) is 14.4 Å². The molecule has 0 unspecified atom stereocenters. The van der Waals surface area contributed by atoms with Crippen LogP contribution in [0, 0.1) is 0 Å². The van der Waals surface area contributed by atoms with Crippen LogP contribution < -0.4 is 15.5 Å². The Morgan fingerprint density at radius 3 is 2.88 bits per heavy atom. The molecule has 0 aromatic carbocycles. The van der Waals surface area contributed by atoms with Gasteiger partial charge in [0, 0.05) is 13.0 Å². The number of esters is 1. The Morgan fingerprint density at radius 2 is 2.25 bits per heavy atom. The second kappa shape index (κ2) is 8.27. The number of nitrogens with one attached hydrogen (secondary N) is 1. The number of amides is 1. The number of ether oxygens (including phenoxy) is 1. The summed E-state index contributed by atoms with van der Waals surface area (Å²) in [5.74, 6) is -0.481. The first-order valence-electron chi connectivity index (χ1n) is 6.56. The smallest absolute Gasteiger partial charge is 0.329 e. The maximum atomic E-state index is 11.9. The molecule has 2 heterocycles. The van der Waals surface area contributed by atoms with Crippen LogP contribution in [0.1, 0.15) is 19.6 Å². The predicted octanol–water partition coefficient (Wildman–Crippen LogP) is 2.27. The Bertz CT molecular complexity index is 805. The molecule has 0 fully saturated rings. The van der Waals surface area contributed by atoms with Gasteiger partial charge in [-0.1, -0.05) is 23.1 Å². The molecule has 0 aliphatic heterocycles. The summed E-state index contributed by atoms with van der Waals surface area (Å²) < 4.78 is 10.7. The van der Waals surface area contributed by atoms with E-state index >= 15 is 0 Å². The Balaban J connectivity index is 1.97. The van der Waals surface area contributed by atoms with E-state index in [1.54, 1.807) is 0 Å². The first kappa shape index (κ1) is 18.4. The SMILES string of the molecule is CC(=O)Nc1nnc(SCc2cc(=O)c(OC(=O)[C@@H](C)Cl)co2)s1. The molecule has 0 saturated carbocycles. The molecule has 2 rings (SSSR count). The molecule has 1 amide bonds. The Morgan fingerprint density at radius 1 is 1.50 bits per heavy atom. The van der Waals surface area contributed by atoms with Gasteiger partial charge in [-0.15, -0.1) is 21.8 Å². The second-order valence-corrected chi connectivity index (χ2v) is 7.31. The molecule has 11 heteroatoms. The number of rotatable bonds is 6. The van der Waals surface area contributed by atoms with Gasteiger partial charge in [-0.25, -0.2) is 0 Å². The molecule has 0 saturated heterocycles. The van der Waals surface area contributed by atoms with Crippen molar-refractivity contribution in [2.45, 2.75) is 29.3 Å². The van der Waals surface area contributed by atoms with Crippen molar-refractivity contribution in [2.24, 2.45) is 0 Å². The van der Waals surface area contributed by atoms with Crippen molar-refractivity contribution < 1.29 is 18.7 Å². The van der Waals surface area contributed by atoms with E-state index in [1.807, 2.05) is 0 Å². The van der Waals surface area contributed by atoms with Crippen molar-refractivity contribution in [3.8, 4) is 5.75 Å². The van der Waals surface area contributed by atoms with E-state index in [1.165, 1.54) is 43.0 Å². The monoisotopic (exact) mass is 389 g/mol. The molecule has 24 heavy (non-hydrogen) atoms. The Hall–Kier alpha value is -1.91. The Labute approximate surface area is 149 Å². The number of aromatic nitrogens is 2. The zero-order valence-electron chi connectivity index (χ0n) is 12.6. The molecule has 2 aromatic heterocycles. The standard InChI is InChI=1S/C13H12ClN3O5S2/c1-6(14)11(20)22-10-4-21-8(3-9(10)19)5-23-13-17-16-12(24-13)15-7(2)18/h3-4,6H,5H2,1-2H3,(H,15,16,18)/t6-/m1/s1. The lowest BCUT2D eigenvalue weighted by Crippen LogP contribution is -2.21. The van der Waals surface area contributed by atoms with Gasteiger partial charge in [0.2, 0.25) is 22.2 Å². The third-order valence-electron chi connectivity index (χ3n) is 2.41. The molecular formula is C13H12ClN3O5S2. The van der Waals surface area contributed by atoms with Crippen LogP contribution in [0.4, 0.5) is 5.13 Å². The average Bonchev–Trinajstić information content (AvgIpc) is 2.94. The van der Waals surface area contributed by atoms with Crippen LogP contribution in [0.2, 0.25) is 0 Å². The lowest BCUT2D eigenvalue weighted by atomic mass is 10.4. The second-order valence-electron chi connectivity index (χ2n) is 4.45. The number of alkyl halides is 1. The molecule has 2 aromatic rings. The van der Waals surface area contributed by atoms with E-state index < -0.39 is 16.8 Å². The van der Waals surface area contributed by atoms with Gasteiger partial charge in [-0.05, 0) is 6.92 Å². The van der Waals surface area contributed by atoms with Crippen molar-refractivity contribution in [3.63, 3.8) is 0 Å². The van der Waals surface area contributed by atoms with Crippen LogP contribution >= 0.6 is 34.7 Å². The fourth-order valence-corrected chi connectivity index (χ4v) is 3.11. The van der Waals surface area contributed by atoms with Gasteiger partial charge in [0.15, 0.2) is 4.34 Å². The number of hydrogen-bond donors (Lipinski definition) is 1. The van der Waals surface area contributed by atoms with E-state index in [4.69, 9.17) is 20.8 Å². The van der Waals surface area contributed by atoms with Crippen LogP contribution in [0.5, 0.6) is 5.75 Å². The van der Waals surface area contributed by atoms with E-state index in [0.717, 1.165) is 6.26 Å². The summed E-state index contributed by atoms with van der Waals surface area (Å²) >= 11 is 8.06. The molecule has 0 aliphatic rings. The summed E-state index contributed by atoms with van der Waals surface area (Å²) in [6.45, 7) is 2.82. The summed E-state index contributed by atoms with van der Waals surface area (Å²) in [6, 6.07) is 1.23. The molecule has 0 spiro atoms. The van der Waals surface area contributed by atoms with Gasteiger partial charge in [0.05, 0.1) is 5.75 Å². The first-order chi connectivity index (χ1) is 11.3. The summed E-state index contributed by atoms with van der Waals surface area (Å²) in [5, 5.41) is 9.75. The van der Waals surface area contributed by atoms with Crippen molar-refractivity contribution in [3.05, 3.63) is 28.3 Å². The zero-order valence-corrected chi connectivity index (χ0v) is 15.0. The highest BCUT2D eigenvalue weighted by Gasteiger charge is 2.15. The topological polar surface area (TPSA) is 111 Å². The number of halogens is 1. The molecular weight excluding hydrogens is 378 g/mol. The lowest BCUT2D eigenvalue weighted by molar-refractivity contribution is -0.133. The molecule has 0 aliphatic carbocycles. The molecule has 0 radical (unpaired) electrons. The third kappa shape index (κ3) is 5.32. The van der Waals surface area contributed by atoms with Crippen LogP contribution in [0.3, 0.4) is 0 Å². The van der Waals surface area contributed by atoms with Crippen LogP contribution in [0.25, 0.3) is 0 Å². The fraction of sp³-hybridized carbons (Fsp3) is 0.308. The van der Waals surface area contributed by atoms with Crippen LogP contribution in [0.15, 0.2) is 25.9 Å². The summed E-state index contributed by atoms with van der Waals surface area (Å²) in [6.07, 6.45) is 1.07. The van der Waals surface area contributed by atoms with Crippen LogP contribution in [-0.2, 0) is 15.3 Å². The fourth-order valence-electron chi connectivity index (χ4n) is 1.38. The normalized spacial score (nSPS) is 11.8. The lowest BCUT2D eigenvalue weighted by Gasteiger charge is -2.04. The highest BCUT2D eigenvalue weighted by atomic mass is 35.5. The minimum atomic E-state index is -0.866. The highest BCUT2D eigenvalue weighted by molar-refractivity contribution is 8.00. The molecule has 8 nitrogen and oxygen atoms in total. The van der Waals surface area contributed by atoms with E-state index in [0.29, 0.717) is 21.0 Å². The van der Waals surface area contributed by atoms with Gasteiger partial charge in [-0.3, -0.25) is 14.4 Å². The first-order valence-corrected chi connectivity index (χ1v) is 8.80. The van der Waals surface area contributed by atoms with Gasteiger partial charge >= 0.3 is 5.97 Å². The Kier molecular flexibility index (Phi) is 6.35. The average molecular weight is 390 g/mol. The largest absolute Gasteiger partial charge is 0.464 e. The van der Waals surface area contributed by atoms with Gasteiger partial charge in [-0.2, -0.15) is 0 Å². The van der Waals surface area contributed by atoms with E-state index in [-0.39, 0.29) is 11.7 Å². The maximum absolute atomic E-state index is 11.9. The summed E-state index contributed by atoms with van der Waals surface area (Å²) in [7, 11) is 0. The van der Waals surface area contributed by atoms with Crippen molar-refractivity contribution in [1.82, 2.24) is 10.2 Å².